The first-order valence-corrected chi connectivity index (χ1v) is 7.38. The van der Waals surface area contributed by atoms with Crippen molar-refractivity contribution in [3.63, 3.8) is 0 Å². The SMILES string of the molecule is Brc1ccc(OCCOc2ccc(I)cc2)cc1. The molecule has 4 heteroatoms. The van der Waals surface area contributed by atoms with E-state index in [1.165, 1.54) is 3.57 Å². The van der Waals surface area contributed by atoms with E-state index in [4.69, 9.17) is 9.47 Å². The Balaban J connectivity index is 1.73. The van der Waals surface area contributed by atoms with Gasteiger partial charge in [-0.15, -0.1) is 0 Å². The van der Waals surface area contributed by atoms with Crippen LogP contribution in [0.4, 0.5) is 0 Å². The molecule has 0 bridgehead atoms. The first-order chi connectivity index (χ1) is 8.74. The number of ether oxygens (including phenoxy) is 2. The van der Waals surface area contributed by atoms with Crippen LogP contribution in [0.5, 0.6) is 11.5 Å². The number of halogens is 2. The highest BCUT2D eigenvalue weighted by Crippen LogP contribution is 2.16. The molecule has 0 heterocycles. The fourth-order valence-corrected chi connectivity index (χ4v) is 2.00. The van der Waals surface area contributed by atoms with Gasteiger partial charge in [0, 0.05) is 8.04 Å². The van der Waals surface area contributed by atoms with Gasteiger partial charge >= 0.3 is 0 Å². The van der Waals surface area contributed by atoms with Crippen LogP contribution in [0.2, 0.25) is 0 Å². The first-order valence-electron chi connectivity index (χ1n) is 5.51. The van der Waals surface area contributed by atoms with E-state index in [0.29, 0.717) is 13.2 Å². The largest absolute Gasteiger partial charge is 0.490 e. The summed E-state index contributed by atoms with van der Waals surface area (Å²) in [7, 11) is 0. The van der Waals surface area contributed by atoms with E-state index in [2.05, 4.69) is 38.5 Å². The van der Waals surface area contributed by atoms with Gasteiger partial charge in [0.2, 0.25) is 0 Å². The van der Waals surface area contributed by atoms with Gasteiger partial charge in [0.25, 0.3) is 0 Å². The molecule has 0 fully saturated rings. The fourth-order valence-electron chi connectivity index (χ4n) is 1.38. The molecule has 18 heavy (non-hydrogen) atoms. The van der Waals surface area contributed by atoms with Gasteiger partial charge < -0.3 is 9.47 Å². The maximum Gasteiger partial charge on any atom is 0.122 e. The molecule has 0 atom stereocenters. The zero-order chi connectivity index (χ0) is 12.8. The van der Waals surface area contributed by atoms with Crippen molar-refractivity contribution in [2.75, 3.05) is 13.2 Å². The molecule has 94 valence electrons. The van der Waals surface area contributed by atoms with E-state index < -0.39 is 0 Å². The predicted octanol–water partition coefficient (Wildman–Crippen LogP) is 4.51. The van der Waals surface area contributed by atoms with Crippen LogP contribution in [-0.4, -0.2) is 13.2 Å². The molecule has 2 nitrogen and oxygen atoms in total. The van der Waals surface area contributed by atoms with E-state index in [0.717, 1.165) is 16.0 Å². The lowest BCUT2D eigenvalue weighted by Gasteiger charge is -2.08. The van der Waals surface area contributed by atoms with Crippen LogP contribution in [-0.2, 0) is 0 Å². The quantitative estimate of drug-likeness (QED) is 0.525. The minimum atomic E-state index is 0.535. The second kappa shape index (κ2) is 6.99. The highest BCUT2D eigenvalue weighted by atomic mass is 127. The van der Waals surface area contributed by atoms with Crippen molar-refractivity contribution < 1.29 is 9.47 Å². The van der Waals surface area contributed by atoms with Gasteiger partial charge in [0.15, 0.2) is 0 Å². The second-order valence-corrected chi connectivity index (χ2v) is 5.77. The number of hydrogen-bond donors (Lipinski definition) is 0. The Hall–Kier alpha value is -0.750. The van der Waals surface area contributed by atoms with E-state index in [1.807, 2.05) is 48.5 Å². The third-order valence-electron chi connectivity index (χ3n) is 2.25. The van der Waals surface area contributed by atoms with Crippen LogP contribution in [0.25, 0.3) is 0 Å². The predicted molar refractivity (Wildman–Crippen MR) is 84.3 cm³/mol. The molecule has 0 amide bonds. The normalized spacial score (nSPS) is 10.1. The monoisotopic (exact) mass is 418 g/mol. The summed E-state index contributed by atoms with van der Waals surface area (Å²) in [5.41, 5.74) is 0. The molecule has 0 aliphatic heterocycles. The van der Waals surface area contributed by atoms with E-state index in [-0.39, 0.29) is 0 Å². The van der Waals surface area contributed by atoms with Crippen molar-refractivity contribution in [3.05, 3.63) is 56.6 Å². The van der Waals surface area contributed by atoms with Crippen LogP contribution < -0.4 is 9.47 Å². The van der Waals surface area contributed by atoms with Crippen molar-refractivity contribution >= 4 is 38.5 Å². The molecule has 0 N–H and O–H groups in total. The van der Waals surface area contributed by atoms with Gasteiger partial charge in [0.05, 0.1) is 0 Å². The van der Waals surface area contributed by atoms with E-state index >= 15 is 0 Å². The molecule has 2 aromatic carbocycles. The van der Waals surface area contributed by atoms with E-state index in [1.54, 1.807) is 0 Å². The summed E-state index contributed by atoms with van der Waals surface area (Å²) >= 11 is 5.65. The van der Waals surface area contributed by atoms with Gasteiger partial charge in [0.1, 0.15) is 24.7 Å². The van der Waals surface area contributed by atoms with Gasteiger partial charge in [-0.05, 0) is 71.1 Å². The maximum absolute atomic E-state index is 5.57. The Bertz CT molecular complexity index is 435. The first kappa shape index (κ1) is 13.7. The summed E-state index contributed by atoms with van der Waals surface area (Å²) in [6.07, 6.45) is 0. The van der Waals surface area contributed by atoms with Crippen LogP contribution in [0.1, 0.15) is 0 Å². The third-order valence-corrected chi connectivity index (χ3v) is 3.50. The molecule has 0 radical (unpaired) electrons. The van der Waals surface area contributed by atoms with Gasteiger partial charge in [-0.2, -0.15) is 0 Å². The zero-order valence-corrected chi connectivity index (χ0v) is 13.3. The van der Waals surface area contributed by atoms with Crippen molar-refractivity contribution in [3.8, 4) is 11.5 Å². The summed E-state index contributed by atoms with van der Waals surface area (Å²) < 4.78 is 13.4. The van der Waals surface area contributed by atoms with Crippen molar-refractivity contribution in [1.29, 1.82) is 0 Å². The van der Waals surface area contributed by atoms with Crippen molar-refractivity contribution in [1.82, 2.24) is 0 Å². The zero-order valence-electron chi connectivity index (χ0n) is 9.61. The minimum absolute atomic E-state index is 0.535. The standard InChI is InChI=1S/C14H12BrIO2/c15-11-1-5-13(6-2-11)17-9-10-18-14-7-3-12(16)4-8-14/h1-8H,9-10H2. The molecule has 0 aliphatic carbocycles. The Morgan fingerprint density at radius 2 is 1.22 bits per heavy atom. The third kappa shape index (κ3) is 4.49. The molecule has 0 saturated heterocycles. The Kier molecular flexibility index (Phi) is 5.31. The van der Waals surface area contributed by atoms with Gasteiger partial charge in [-0.3, -0.25) is 0 Å². The smallest absolute Gasteiger partial charge is 0.122 e. The minimum Gasteiger partial charge on any atom is -0.490 e. The Labute approximate surface area is 129 Å². The molecular formula is C14H12BrIO2. The summed E-state index contributed by atoms with van der Waals surface area (Å²) in [5, 5.41) is 0. The molecule has 0 saturated carbocycles. The molecule has 0 aromatic heterocycles. The summed E-state index contributed by atoms with van der Waals surface area (Å²) in [6.45, 7) is 1.07. The molecule has 0 unspecified atom stereocenters. The van der Waals surface area contributed by atoms with Crippen molar-refractivity contribution in [2.24, 2.45) is 0 Å². The molecule has 0 spiro atoms. The highest BCUT2D eigenvalue weighted by Gasteiger charge is 1.96. The number of hydrogen-bond acceptors (Lipinski definition) is 2. The Morgan fingerprint density at radius 1 is 0.778 bits per heavy atom. The van der Waals surface area contributed by atoms with Crippen molar-refractivity contribution in [2.45, 2.75) is 0 Å². The van der Waals surface area contributed by atoms with E-state index in [9.17, 15) is 0 Å². The highest BCUT2D eigenvalue weighted by molar-refractivity contribution is 14.1. The van der Waals surface area contributed by atoms with Crippen LogP contribution in [0.15, 0.2) is 53.0 Å². The van der Waals surface area contributed by atoms with Crippen LogP contribution in [0, 0.1) is 3.57 Å². The summed E-state index contributed by atoms with van der Waals surface area (Å²) in [6, 6.07) is 15.7. The lowest BCUT2D eigenvalue weighted by Crippen LogP contribution is -2.08. The van der Waals surface area contributed by atoms with Gasteiger partial charge in [-0.25, -0.2) is 0 Å². The molecular weight excluding hydrogens is 407 g/mol. The molecule has 0 aliphatic rings. The average molecular weight is 419 g/mol. The lowest BCUT2D eigenvalue weighted by molar-refractivity contribution is 0.217. The maximum atomic E-state index is 5.57. The molecule has 2 aromatic rings. The summed E-state index contributed by atoms with van der Waals surface area (Å²) in [5.74, 6) is 1.72. The lowest BCUT2D eigenvalue weighted by atomic mass is 10.3. The average Bonchev–Trinajstić information content (AvgIpc) is 2.39. The summed E-state index contributed by atoms with van der Waals surface area (Å²) in [4.78, 5) is 0. The molecule has 2 rings (SSSR count). The Morgan fingerprint density at radius 3 is 1.72 bits per heavy atom. The fraction of sp³-hybridized carbons (Fsp3) is 0.143. The van der Waals surface area contributed by atoms with Crippen LogP contribution >= 0.6 is 38.5 Å². The van der Waals surface area contributed by atoms with Crippen LogP contribution in [0.3, 0.4) is 0 Å². The number of benzene rings is 2. The number of rotatable bonds is 5. The van der Waals surface area contributed by atoms with Gasteiger partial charge in [-0.1, -0.05) is 15.9 Å². The second-order valence-electron chi connectivity index (χ2n) is 3.60. The topological polar surface area (TPSA) is 18.5 Å².